The van der Waals surface area contributed by atoms with Gasteiger partial charge >= 0.3 is 6.03 Å². The van der Waals surface area contributed by atoms with Crippen LogP contribution in [0.15, 0.2) is 35.7 Å². The van der Waals surface area contributed by atoms with Crippen LogP contribution in [-0.4, -0.2) is 43.0 Å². The Morgan fingerprint density at radius 2 is 1.86 bits per heavy atom. The topological polar surface area (TPSA) is 64.7 Å². The molecule has 6 nitrogen and oxygen atoms in total. The molecule has 2 N–H and O–H groups in total. The molecule has 0 saturated heterocycles. The van der Waals surface area contributed by atoms with E-state index in [9.17, 15) is 9.59 Å². The minimum atomic E-state index is -0.239. The first kappa shape index (κ1) is 22.7. The van der Waals surface area contributed by atoms with E-state index in [1.807, 2.05) is 73.5 Å². The Hall–Kier alpha value is -2.54. The van der Waals surface area contributed by atoms with E-state index in [-0.39, 0.29) is 24.0 Å². The Morgan fingerprint density at radius 3 is 2.41 bits per heavy atom. The zero-order valence-corrected chi connectivity index (χ0v) is 19.0. The molecule has 2 rings (SSSR count). The lowest BCUT2D eigenvalue weighted by Gasteiger charge is -2.30. The summed E-state index contributed by atoms with van der Waals surface area (Å²) in [7, 11) is 3.96. The number of rotatable bonds is 8. The first-order valence-corrected chi connectivity index (χ1v) is 10.8. The smallest absolute Gasteiger partial charge is 0.319 e. The number of carbonyl (C=O) groups excluding carboxylic acids is 2. The van der Waals surface area contributed by atoms with Gasteiger partial charge in [-0.05, 0) is 62.4 Å². The first-order valence-electron chi connectivity index (χ1n) is 9.95. The van der Waals surface area contributed by atoms with E-state index in [2.05, 4.69) is 24.5 Å². The molecule has 0 fully saturated rings. The maximum atomic E-state index is 13.1. The minimum absolute atomic E-state index is 0.0370. The summed E-state index contributed by atoms with van der Waals surface area (Å²) in [6, 6.07) is 9.49. The van der Waals surface area contributed by atoms with Crippen LogP contribution in [-0.2, 0) is 6.54 Å². The van der Waals surface area contributed by atoms with Gasteiger partial charge in [0.25, 0.3) is 5.91 Å². The lowest BCUT2D eigenvalue weighted by Crippen LogP contribution is -2.38. The van der Waals surface area contributed by atoms with Gasteiger partial charge in [0, 0.05) is 44.1 Å². The number of nitrogens with zero attached hydrogens (tertiary/aromatic N) is 2. The van der Waals surface area contributed by atoms with E-state index in [1.54, 1.807) is 0 Å². The van der Waals surface area contributed by atoms with Crippen LogP contribution in [0.4, 0.5) is 16.2 Å². The molecular formula is C22H32N4O2S. The highest BCUT2D eigenvalue weighted by Gasteiger charge is 2.23. The fourth-order valence-corrected chi connectivity index (χ4v) is 3.71. The number of anilines is 2. The summed E-state index contributed by atoms with van der Waals surface area (Å²) in [5.41, 5.74) is 2.71. The van der Waals surface area contributed by atoms with Gasteiger partial charge in [-0.25, -0.2) is 4.79 Å². The van der Waals surface area contributed by atoms with E-state index in [0.29, 0.717) is 12.2 Å². The second kappa shape index (κ2) is 10.3. The maximum Gasteiger partial charge on any atom is 0.319 e. The molecule has 29 heavy (non-hydrogen) atoms. The Labute approximate surface area is 177 Å². The van der Waals surface area contributed by atoms with Crippen molar-refractivity contribution in [2.24, 2.45) is 0 Å². The molecule has 0 saturated carbocycles. The van der Waals surface area contributed by atoms with Crippen molar-refractivity contribution >= 4 is 34.6 Å². The second-order valence-corrected chi connectivity index (χ2v) is 8.61. The molecule has 158 valence electrons. The number of hydrogen-bond acceptors (Lipinski definition) is 4. The summed E-state index contributed by atoms with van der Waals surface area (Å²) in [4.78, 5) is 29.9. The molecule has 2 aromatic rings. The third kappa shape index (κ3) is 6.22. The van der Waals surface area contributed by atoms with Crippen molar-refractivity contribution in [1.82, 2.24) is 10.2 Å². The van der Waals surface area contributed by atoms with Crippen LogP contribution in [0.3, 0.4) is 0 Å². The van der Waals surface area contributed by atoms with Crippen molar-refractivity contribution in [2.75, 3.05) is 24.3 Å². The highest BCUT2D eigenvalue weighted by atomic mass is 32.1. The fraction of sp³-hybridized carbons (Fsp3) is 0.455. The lowest BCUT2D eigenvalue weighted by atomic mass is 10.1. The molecule has 1 atom stereocenters. The van der Waals surface area contributed by atoms with Gasteiger partial charge in [-0.15, -0.1) is 11.3 Å². The number of benzene rings is 1. The van der Waals surface area contributed by atoms with Gasteiger partial charge in [-0.3, -0.25) is 4.79 Å². The molecule has 1 unspecified atom stereocenters. The first-order chi connectivity index (χ1) is 13.7. The van der Waals surface area contributed by atoms with Crippen LogP contribution in [0.1, 0.15) is 49.4 Å². The standard InChI is InChI=1S/C22H32N4O2S/c1-7-16(4)26(21(27)20-9-8-12-29-20)14-17-13-18(10-11-19(17)25(5)6)24-22(28)23-15(2)3/h8-13,15-16H,7,14H2,1-6H3,(H2,23,24,28). The molecule has 1 heterocycles. The van der Waals surface area contributed by atoms with Gasteiger partial charge < -0.3 is 20.4 Å². The third-order valence-electron chi connectivity index (χ3n) is 4.70. The summed E-state index contributed by atoms with van der Waals surface area (Å²) in [6.07, 6.45) is 0.864. The van der Waals surface area contributed by atoms with Gasteiger partial charge in [0.05, 0.1) is 4.88 Å². The van der Waals surface area contributed by atoms with E-state index in [1.165, 1.54) is 11.3 Å². The normalized spacial score (nSPS) is 11.8. The molecule has 0 aliphatic carbocycles. The van der Waals surface area contributed by atoms with Crippen molar-refractivity contribution in [3.63, 3.8) is 0 Å². The average molecular weight is 417 g/mol. The van der Waals surface area contributed by atoms with E-state index < -0.39 is 0 Å². The molecule has 0 bridgehead atoms. The molecule has 0 aliphatic heterocycles. The average Bonchev–Trinajstić information content (AvgIpc) is 3.19. The summed E-state index contributed by atoms with van der Waals surface area (Å²) in [5, 5.41) is 7.63. The predicted molar refractivity (Wildman–Crippen MR) is 122 cm³/mol. The van der Waals surface area contributed by atoms with Crippen molar-refractivity contribution in [3.05, 3.63) is 46.2 Å². The largest absolute Gasteiger partial charge is 0.377 e. The van der Waals surface area contributed by atoms with Crippen molar-refractivity contribution in [3.8, 4) is 0 Å². The summed E-state index contributed by atoms with van der Waals surface area (Å²) < 4.78 is 0. The summed E-state index contributed by atoms with van der Waals surface area (Å²) >= 11 is 1.46. The Kier molecular flexibility index (Phi) is 8.08. The number of hydrogen-bond donors (Lipinski definition) is 2. The number of amides is 3. The molecule has 1 aromatic heterocycles. The van der Waals surface area contributed by atoms with Crippen LogP contribution in [0.25, 0.3) is 0 Å². The van der Waals surface area contributed by atoms with Crippen molar-refractivity contribution in [2.45, 2.75) is 52.7 Å². The monoisotopic (exact) mass is 416 g/mol. The molecule has 0 aliphatic rings. The summed E-state index contributed by atoms with van der Waals surface area (Å²) in [5.74, 6) is 0.0370. The van der Waals surface area contributed by atoms with Crippen LogP contribution < -0.4 is 15.5 Å². The molecule has 3 amide bonds. The summed E-state index contributed by atoms with van der Waals surface area (Å²) in [6.45, 7) is 8.46. The van der Waals surface area contributed by atoms with Gasteiger partial charge in [0.2, 0.25) is 0 Å². The SMILES string of the molecule is CCC(C)N(Cc1cc(NC(=O)NC(C)C)ccc1N(C)C)C(=O)c1cccs1. The molecular weight excluding hydrogens is 384 g/mol. The number of urea groups is 1. The molecule has 7 heteroatoms. The van der Waals surface area contributed by atoms with Crippen molar-refractivity contribution < 1.29 is 9.59 Å². The minimum Gasteiger partial charge on any atom is -0.377 e. The number of carbonyl (C=O) groups is 2. The fourth-order valence-electron chi connectivity index (χ4n) is 3.03. The number of nitrogens with one attached hydrogen (secondary N) is 2. The lowest BCUT2D eigenvalue weighted by molar-refractivity contribution is 0.0677. The molecule has 0 radical (unpaired) electrons. The Bertz CT molecular complexity index is 818. The van der Waals surface area contributed by atoms with Crippen LogP contribution in [0, 0.1) is 0 Å². The predicted octanol–water partition coefficient (Wildman–Crippen LogP) is 4.78. The van der Waals surface area contributed by atoms with E-state index in [4.69, 9.17) is 0 Å². The zero-order chi connectivity index (χ0) is 21.6. The van der Waals surface area contributed by atoms with Gasteiger partial charge in [-0.2, -0.15) is 0 Å². The third-order valence-corrected chi connectivity index (χ3v) is 5.55. The highest BCUT2D eigenvalue weighted by molar-refractivity contribution is 7.12. The molecule has 1 aromatic carbocycles. The van der Waals surface area contributed by atoms with Crippen LogP contribution in [0.2, 0.25) is 0 Å². The zero-order valence-electron chi connectivity index (χ0n) is 18.2. The quantitative estimate of drug-likeness (QED) is 0.651. The van der Waals surface area contributed by atoms with Gasteiger partial charge in [0.15, 0.2) is 0 Å². The Morgan fingerprint density at radius 1 is 1.14 bits per heavy atom. The van der Waals surface area contributed by atoms with Gasteiger partial charge in [-0.1, -0.05) is 13.0 Å². The number of thiophene rings is 1. The van der Waals surface area contributed by atoms with E-state index >= 15 is 0 Å². The Balaban J connectivity index is 2.34. The van der Waals surface area contributed by atoms with Crippen LogP contribution >= 0.6 is 11.3 Å². The van der Waals surface area contributed by atoms with Gasteiger partial charge in [0.1, 0.15) is 0 Å². The maximum absolute atomic E-state index is 13.1. The second-order valence-electron chi connectivity index (χ2n) is 7.66. The highest BCUT2D eigenvalue weighted by Crippen LogP contribution is 2.27. The van der Waals surface area contributed by atoms with Crippen molar-refractivity contribution in [1.29, 1.82) is 0 Å². The van der Waals surface area contributed by atoms with E-state index in [0.717, 1.165) is 22.5 Å². The molecule has 0 spiro atoms. The van der Waals surface area contributed by atoms with Crippen LogP contribution in [0.5, 0.6) is 0 Å².